The monoisotopic (exact) mass is 411 g/mol. The molecule has 0 saturated carbocycles. The fraction of sp³-hybridized carbons (Fsp3) is 0.875. The van der Waals surface area contributed by atoms with E-state index in [4.69, 9.17) is 18.9 Å². The van der Waals surface area contributed by atoms with Crippen LogP contribution in [-0.4, -0.2) is 45.2 Å². The van der Waals surface area contributed by atoms with Gasteiger partial charge < -0.3 is 18.9 Å². The van der Waals surface area contributed by atoms with E-state index in [0.29, 0.717) is 13.2 Å². The third-order valence-electron chi connectivity index (χ3n) is 2.42. The van der Waals surface area contributed by atoms with Crippen molar-refractivity contribution in [2.45, 2.75) is 17.8 Å². The molecule has 2 rings (SSSR count). The zero-order valence-corrected chi connectivity index (χ0v) is 11.9. The molecule has 2 aliphatic rings. The Labute approximate surface area is 102 Å². The zero-order chi connectivity index (χ0) is 8.60. The summed E-state index contributed by atoms with van der Waals surface area (Å²) in [4.78, 5) is 0. The van der Waals surface area contributed by atoms with Crippen molar-refractivity contribution < 1.29 is 50.1 Å². The van der Waals surface area contributed by atoms with Gasteiger partial charge >= 0.3 is 31.1 Å². The average molecular weight is 411 g/mol. The molecule has 0 radical (unpaired) electrons. The first-order valence-electron chi connectivity index (χ1n) is 3.97. The SMILES string of the molecule is COCC12COC([CH-]O1)C2OC.[U+2]. The predicted octanol–water partition coefficient (Wildman–Crippen LogP) is -0.0226. The van der Waals surface area contributed by atoms with Crippen molar-refractivity contribution in [1.82, 2.24) is 0 Å². The van der Waals surface area contributed by atoms with Gasteiger partial charge in [-0.25, -0.2) is 0 Å². The van der Waals surface area contributed by atoms with Crippen LogP contribution in [0.3, 0.4) is 0 Å². The summed E-state index contributed by atoms with van der Waals surface area (Å²) >= 11 is 0. The van der Waals surface area contributed by atoms with Gasteiger partial charge in [-0.3, -0.25) is 0 Å². The number of methoxy groups -OCH3 is 2. The quantitative estimate of drug-likeness (QED) is 0.612. The normalized spacial score (nSPS) is 42.0. The number of rotatable bonds is 3. The molecule has 2 fully saturated rings. The molecule has 0 amide bonds. The maximum atomic E-state index is 5.48. The van der Waals surface area contributed by atoms with Crippen LogP contribution in [0.5, 0.6) is 0 Å². The summed E-state index contributed by atoms with van der Waals surface area (Å²) in [5, 5.41) is 0. The molecule has 2 saturated heterocycles. The van der Waals surface area contributed by atoms with Crippen molar-refractivity contribution in [3.05, 3.63) is 6.61 Å². The van der Waals surface area contributed by atoms with Crippen LogP contribution in [0.2, 0.25) is 0 Å². The van der Waals surface area contributed by atoms with E-state index < -0.39 is 5.60 Å². The predicted molar refractivity (Wildman–Crippen MR) is 40.5 cm³/mol. The van der Waals surface area contributed by atoms with Crippen LogP contribution in [0, 0.1) is 37.7 Å². The first kappa shape index (κ1) is 12.0. The second-order valence-corrected chi connectivity index (χ2v) is 3.18. The number of fused-ring (bicyclic) bond motifs is 2. The van der Waals surface area contributed by atoms with Crippen molar-refractivity contribution in [1.29, 1.82) is 0 Å². The van der Waals surface area contributed by atoms with E-state index in [-0.39, 0.29) is 43.3 Å². The summed E-state index contributed by atoms with van der Waals surface area (Å²) in [6, 6.07) is 0. The summed E-state index contributed by atoms with van der Waals surface area (Å²) in [6.07, 6.45) is -0.0393. The molecule has 3 unspecified atom stereocenters. The van der Waals surface area contributed by atoms with Crippen molar-refractivity contribution in [2.75, 3.05) is 27.4 Å². The molecule has 3 atom stereocenters. The van der Waals surface area contributed by atoms with E-state index in [2.05, 4.69) is 0 Å². The second-order valence-electron chi connectivity index (χ2n) is 3.18. The third kappa shape index (κ3) is 1.83. The Balaban J connectivity index is 0.000000845. The van der Waals surface area contributed by atoms with Crippen LogP contribution >= 0.6 is 0 Å². The maximum absolute atomic E-state index is 5.48. The number of hydrogen-bond donors (Lipinski definition) is 0. The first-order chi connectivity index (χ1) is 5.82. The van der Waals surface area contributed by atoms with Crippen LogP contribution in [0.1, 0.15) is 0 Å². The first-order valence-corrected chi connectivity index (χ1v) is 3.97. The van der Waals surface area contributed by atoms with Crippen molar-refractivity contribution in [2.24, 2.45) is 0 Å². The summed E-state index contributed by atoms with van der Waals surface area (Å²) in [6.45, 7) is 2.76. The average Bonchev–Trinajstić information content (AvgIpc) is 2.58. The van der Waals surface area contributed by atoms with E-state index in [1.54, 1.807) is 20.8 Å². The molecular formula is C8H13O4U+. The molecule has 4 nitrogen and oxygen atoms in total. The van der Waals surface area contributed by atoms with Gasteiger partial charge in [-0.05, 0) is 6.10 Å². The molecule has 72 valence electrons. The van der Waals surface area contributed by atoms with Gasteiger partial charge in [-0.15, -0.1) is 0 Å². The molecule has 2 aliphatic heterocycles. The van der Waals surface area contributed by atoms with Gasteiger partial charge in [0.2, 0.25) is 0 Å². The van der Waals surface area contributed by atoms with Gasteiger partial charge in [-0.1, -0.05) is 0 Å². The summed E-state index contributed by atoms with van der Waals surface area (Å²) in [7, 11) is 3.32. The van der Waals surface area contributed by atoms with Gasteiger partial charge in [0.1, 0.15) is 5.60 Å². The van der Waals surface area contributed by atoms with Crippen molar-refractivity contribution >= 4 is 0 Å². The molecule has 2 bridgehead atoms. The molecule has 13 heavy (non-hydrogen) atoms. The molecule has 5 heteroatoms. The van der Waals surface area contributed by atoms with Gasteiger partial charge in [0.25, 0.3) is 0 Å². The molecule has 2 heterocycles. The van der Waals surface area contributed by atoms with E-state index in [9.17, 15) is 0 Å². The van der Waals surface area contributed by atoms with E-state index in [1.165, 1.54) is 0 Å². The smallest absolute Gasteiger partial charge is 0.540 e. The van der Waals surface area contributed by atoms with Gasteiger partial charge in [-0.2, -0.15) is 6.61 Å². The summed E-state index contributed by atoms with van der Waals surface area (Å²) in [5.41, 5.74) is -0.395. The summed E-state index contributed by atoms with van der Waals surface area (Å²) < 4.78 is 21.3. The van der Waals surface area contributed by atoms with Crippen molar-refractivity contribution in [3.63, 3.8) is 0 Å². The Morgan fingerprint density at radius 2 is 2.31 bits per heavy atom. The Hall–Kier alpha value is 0.892. The Kier molecular flexibility index (Phi) is 4.24. The van der Waals surface area contributed by atoms with Gasteiger partial charge in [0.05, 0.1) is 19.3 Å². The van der Waals surface area contributed by atoms with E-state index >= 15 is 0 Å². The minimum absolute atomic E-state index is 0. The Morgan fingerprint density at radius 3 is 2.77 bits per heavy atom. The number of ether oxygens (including phenoxy) is 4. The fourth-order valence-corrected chi connectivity index (χ4v) is 1.87. The minimum atomic E-state index is -0.395. The standard InChI is InChI=1S/C8H13O4.U/c1-9-4-8-5-11-6(3-12-8)7(8)10-2;/h3,6-7H,4-5H2,1-2H3;/q-1;+2. The molecule has 0 aliphatic carbocycles. The number of hydrogen-bond acceptors (Lipinski definition) is 4. The van der Waals surface area contributed by atoms with Crippen LogP contribution in [0.4, 0.5) is 0 Å². The molecule has 0 aromatic rings. The van der Waals surface area contributed by atoms with Gasteiger partial charge in [0.15, 0.2) is 0 Å². The van der Waals surface area contributed by atoms with Crippen LogP contribution in [0.25, 0.3) is 0 Å². The minimum Gasteiger partial charge on any atom is -0.540 e. The molecule has 0 aromatic heterocycles. The Bertz CT molecular complexity index is 168. The van der Waals surface area contributed by atoms with Crippen LogP contribution in [0.15, 0.2) is 0 Å². The van der Waals surface area contributed by atoms with Crippen molar-refractivity contribution in [3.8, 4) is 0 Å². The molecule has 0 aromatic carbocycles. The van der Waals surface area contributed by atoms with E-state index in [1.807, 2.05) is 0 Å². The zero-order valence-electron chi connectivity index (χ0n) is 7.78. The molecule has 0 N–H and O–H groups in total. The molecular weight excluding hydrogens is 398 g/mol. The molecule has 0 spiro atoms. The summed E-state index contributed by atoms with van der Waals surface area (Å²) in [5.74, 6) is 0. The third-order valence-corrected chi connectivity index (χ3v) is 2.42. The largest absolute Gasteiger partial charge is 2.00 e. The second kappa shape index (κ2) is 4.61. The Morgan fingerprint density at radius 1 is 1.54 bits per heavy atom. The van der Waals surface area contributed by atoms with Crippen LogP contribution in [-0.2, 0) is 18.9 Å². The van der Waals surface area contributed by atoms with Gasteiger partial charge in [0, 0.05) is 14.2 Å². The fourth-order valence-electron chi connectivity index (χ4n) is 1.87. The van der Waals surface area contributed by atoms with E-state index in [0.717, 1.165) is 0 Å². The maximum Gasteiger partial charge on any atom is 2.00 e. The van der Waals surface area contributed by atoms with Crippen LogP contribution < -0.4 is 0 Å². The topological polar surface area (TPSA) is 36.9 Å².